The molecule has 1 unspecified atom stereocenters. The van der Waals surface area contributed by atoms with E-state index in [1.807, 2.05) is 0 Å². The zero-order valence-corrected chi connectivity index (χ0v) is 14.9. The van der Waals surface area contributed by atoms with Gasteiger partial charge in [0.1, 0.15) is 17.2 Å². The van der Waals surface area contributed by atoms with Crippen molar-refractivity contribution in [2.24, 2.45) is 5.73 Å². The van der Waals surface area contributed by atoms with Gasteiger partial charge in [0.25, 0.3) is 0 Å². The molecule has 0 spiro atoms. The van der Waals surface area contributed by atoms with Gasteiger partial charge in [-0.3, -0.25) is 9.36 Å². The first-order valence-electron chi connectivity index (χ1n) is 8.73. The number of nitrogens with two attached hydrogens (primary N) is 1. The highest BCUT2D eigenvalue weighted by Crippen LogP contribution is 2.29. The number of hydrogen-bond acceptors (Lipinski definition) is 5. The fraction of sp³-hybridized carbons (Fsp3) is 0.211. The Morgan fingerprint density at radius 1 is 1.24 bits per heavy atom. The van der Waals surface area contributed by atoms with Crippen molar-refractivity contribution in [3.63, 3.8) is 0 Å². The van der Waals surface area contributed by atoms with Gasteiger partial charge in [0.15, 0.2) is 17.3 Å². The zero-order valence-electron chi connectivity index (χ0n) is 14.9. The Balaban J connectivity index is 2.05. The fourth-order valence-electron chi connectivity index (χ4n) is 3.39. The average Bonchev–Trinajstić information content (AvgIpc) is 2.63. The van der Waals surface area contributed by atoms with Crippen LogP contribution in [0.4, 0.5) is 19.0 Å². The molecular formula is C19H15F3N4O3. The van der Waals surface area contributed by atoms with Gasteiger partial charge < -0.3 is 15.7 Å². The maximum absolute atomic E-state index is 14.7. The standard InChI is InChI=1S/C19H15F3N4O3/c20-9-1-2-15(13(21)5-9)26-8-12(19(28)29)16(27)11-6-14(22)18(24-17(11)26)25-4-3-10(25)7-23/h1-2,5-6,8,10H,3-4,7,23H2,(H,28,29). The van der Waals surface area contributed by atoms with Gasteiger partial charge in [-0.15, -0.1) is 0 Å². The molecule has 3 heterocycles. The third-order valence-corrected chi connectivity index (χ3v) is 5.00. The average molecular weight is 404 g/mol. The van der Waals surface area contributed by atoms with Crippen molar-refractivity contribution in [3.05, 3.63) is 63.7 Å². The zero-order chi connectivity index (χ0) is 20.9. The number of rotatable bonds is 4. The number of carbonyl (C=O) groups is 1. The smallest absolute Gasteiger partial charge is 0.341 e. The number of fused-ring (bicyclic) bond motifs is 1. The molecule has 0 aliphatic carbocycles. The lowest BCUT2D eigenvalue weighted by atomic mass is 10.0. The van der Waals surface area contributed by atoms with E-state index >= 15 is 0 Å². The minimum absolute atomic E-state index is 0.0713. The molecule has 3 N–H and O–H groups in total. The van der Waals surface area contributed by atoms with E-state index in [1.54, 1.807) is 4.90 Å². The second-order valence-corrected chi connectivity index (χ2v) is 6.68. The Morgan fingerprint density at radius 3 is 2.59 bits per heavy atom. The molecule has 150 valence electrons. The summed E-state index contributed by atoms with van der Waals surface area (Å²) in [4.78, 5) is 29.8. The minimum Gasteiger partial charge on any atom is -0.477 e. The molecule has 7 nitrogen and oxygen atoms in total. The summed E-state index contributed by atoms with van der Waals surface area (Å²) in [5, 5.41) is 9.00. The molecule has 1 atom stereocenters. The molecule has 1 aliphatic heterocycles. The quantitative estimate of drug-likeness (QED) is 0.690. The first kappa shape index (κ1) is 18.9. The van der Waals surface area contributed by atoms with Crippen LogP contribution >= 0.6 is 0 Å². The predicted molar refractivity (Wildman–Crippen MR) is 99.0 cm³/mol. The SMILES string of the molecule is NCC1CCN1c1nc2c(cc1F)c(=O)c(C(=O)O)cn2-c1ccc(F)cc1F. The van der Waals surface area contributed by atoms with Crippen LogP contribution in [0, 0.1) is 17.5 Å². The lowest BCUT2D eigenvalue weighted by Crippen LogP contribution is -2.52. The third-order valence-electron chi connectivity index (χ3n) is 5.00. The van der Waals surface area contributed by atoms with Crippen LogP contribution in [0.1, 0.15) is 16.8 Å². The van der Waals surface area contributed by atoms with E-state index in [-0.39, 0.29) is 35.1 Å². The summed E-state index contributed by atoms with van der Waals surface area (Å²) in [6.07, 6.45) is 1.64. The van der Waals surface area contributed by atoms with Crippen molar-refractivity contribution in [1.29, 1.82) is 0 Å². The number of halogens is 3. The van der Waals surface area contributed by atoms with Crippen LogP contribution < -0.4 is 16.1 Å². The van der Waals surface area contributed by atoms with Gasteiger partial charge in [-0.2, -0.15) is 0 Å². The number of aromatic nitrogens is 2. The number of benzene rings is 1. The summed E-state index contributed by atoms with van der Waals surface area (Å²) in [6.45, 7) is 0.774. The predicted octanol–water partition coefficient (Wildman–Crippen LogP) is 2.04. The molecule has 29 heavy (non-hydrogen) atoms. The topological polar surface area (TPSA) is 101 Å². The highest BCUT2D eigenvalue weighted by Gasteiger charge is 2.31. The first-order chi connectivity index (χ1) is 13.8. The van der Waals surface area contributed by atoms with Crippen LogP contribution in [-0.2, 0) is 0 Å². The van der Waals surface area contributed by atoms with Crippen LogP contribution in [0.25, 0.3) is 16.7 Å². The molecule has 1 fully saturated rings. The maximum atomic E-state index is 14.7. The largest absolute Gasteiger partial charge is 0.477 e. The Kier molecular flexibility index (Phi) is 4.50. The summed E-state index contributed by atoms with van der Waals surface area (Å²) in [7, 11) is 0. The molecule has 0 amide bonds. The van der Waals surface area contributed by atoms with Gasteiger partial charge in [-0.1, -0.05) is 0 Å². The Morgan fingerprint density at radius 2 is 2.00 bits per heavy atom. The Labute approximate surface area is 161 Å². The monoisotopic (exact) mass is 404 g/mol. The summed E-state index contributed by atoms with van der Waals surface area (Å²) in [5.74, 6) is -4.29. The van der Waals surface area contributed by atoms with Gasteiger partial charge in [0.2, 0.25) is 5.43 Å². The number of nitrogens with zero attached hydrogens (tertiary/aromatic N) is 3. The summed E-state index contributed by atoms with van der Waals surface area (Å²) in [6, 6.07) is 3.43. The van der Waals surface area contributed by atoms with E-state index in [4.69, 9.17) is 5.73 Å². The molecule has 0 radical (unpaired) electrons. The van der Waals surface area contributed by atoms with E-state index in [0.717, 1.165) is 35.4 Å². The highest BCUT2D eigenvalue weighted by atomic mass is 19.1. The summed E-state index contributed by atoms with van der Waals surface area (Å²) >= 11 is 0. The minimum atomic E-state index is -1.57. The van der Waals surface area contributed by atoms with Gasteiger partial charge >= 0.3 is 5.97 Å². The van der Waals surface area contributed by atoms with Crippen molar-refractivity contribution in [3.8, 4) is 5.69 Å². The van der Waals surface area contributed by atoms with E-state index in [1.165, 1.54) is 0 Å². The van der Waals surface area contributed by atoms with Crippen molar-refractivity contribution in [2.45, 2.75) is 12.5 Å². The van der Waals surface area contributed by atoms with Crippen molar-refractivity contribution in [1.82, 2.24) is 9.55 Å². The second kappa shape index (κ2) is 6.89. The molecule has 4 rings (SSSR count). The van der Waals surface area contributed by atoms with Gasteiger partial charge in [-0.05, 0) is 24.6 Å². The highest BCUT2D eigenvalue weighted by molar-refractivity contribution is 5.92. The fourth-order valence-corrected chi connectivity index (χ4v) is 3.39. The number of carboxylic acids is 1. The van der Waals surface area contributed by atoms with Gasteiger partial charge in [0, 0.05) is 31.4 Å². The number of hydrogen-bond donors (Lipinski definition) is 2. The van der Waals surface area contributed by atoms with Crippen molar-refractivity contribution >= 4 is 22.8 Å². The van der Waals surface area contributed by atoms with Gasteiger partial charge in [-0.25, -0.2) is 22.9 Å². The molecule has 3 aromatic rings. The Bertz CT molecular complexity index is 1210. The van der Waals surface area contributed by atoms with E-state index in [9.17, 15) is 27.9 Å². The second-order valence-electron chi connectivity index (χ2n) is 6.68. The van der Waals surface area contributed by atoms with E-state index in [0.29, 0.717) is 12.6 Å². The van der Waals surface area contributed by atoms with Crippen LogP contribution in [0.15, 0.2) is 35.3 Å². The molecule has 1 saturated heterocycles. The van der Waals surface area contributed by atoms with Gasteiger partial charge in [0.05, 0.1) is 11.1 Å². The molecule has 10 heteroatoms. The molecule has 1 aromatic carbocycles. The molecule has 2 aromatic heterocycles. The Hall–Kier alpha value is -3.40. The van der Waals surface area contributed by atoms with Crippen LogP contribution in [0.5, 0.6) is 0 Å². The van der Waals surface area contributed by atoms with Crippen molar-refractivity contribution in [2.75, 3.05) is 18.0 Å². The molecular weight excluding hydrogens is 389 g/mol. The molecule has 0 saturated carbocycles. The van der Waals surface area contributed by atoms with Crippen LogP contribution in [0.2, 0.25) is 0 Å². The lowest BCUT2D eigenvalue weighted by Gasteiger charge is -2.41. The normalized spacial score (nSPS) is 16.1. The van der Waals surface area contributed by atoms with E-state index in [2.05, 4.69) is 4.98 Å². The third kappa shape index (κ3) is 3.01. The lowest BCUT2D eigenvalue weighted by molar-refractivity contribution is 0.0695. The molecule has 0 bridgehead atoms. The number of carboxylic acid groups (broad SMARTS) is 1. The number of anilines is 1. The first-order valence-corrected chi connectivity index (χ1v) is 8.73. The van der Waals surface area contributed by atoms with E-state index < -0.39 is 34.4 Å². The van der Waals surface area contributed by atoms with Crippen molar-refractivity contribution < 1.29 is 23.1 Å². The maximum Gasteiger partial charge on any atom is 0.341 e. The summed E-state index contributed by atoms with van der Waals surface area (Å²) < 4.78 is 43.5. The van der Waals surface area contributed by atoms with Crippen LogP contribution in [0.3, 0.4) is 0 Å². The summed E-state index contributed by atoms with van der Waals surface area (Å²) in [5.41, 5.74) is 3.63. The number of pyridine rings is 2. The number of aromatic carboxylic acids is 1. The van der Waals surface area contributed by atoms with Crippen LogP contribution in [-0.4, -0.2) is 39.8 Å². The molecule has 1 aliphatic rings.